The Morgan fingerprint density at radius 2 is 2.27 bits per heavy atom. The van der Waals surface area contributed by atoms with Crippen molar-refractivity contribution in [2.45, 2.75) is 11.8 Å². The lowest BCUT2D eigenvalue weighted by molar-refractivity contribution is 0.0950. The summed E-state index contributed by atoms with van der Waals surface area (Å²) in [6, 6.07) is 2.37. The number of hydrogen-bond acceptors (Lipinski definition) is 4. The molecule has 0 aromatic carbocycles. The largest absolute Gasteiger partial charge is 0.351 e. The van der Waals surface area contributed by atoms with Crippen molar-refractivity contribution in [2.75, 3.05) is 6.54 Å². The van der Waals surface area contributed by atoms with Crippen molar-refractivity contribution in [3.63, 3.8) is 0 Å². The number of nitrogens with two attached hydrogens (primary N) is 1. The van der Waals surface area contributed by atoms with Gasteiger partial charge in [0.25, 0.3) is 5.91 Å². The highest BCUT2D eigenvalue weighted by atomic mass is 32.2. The van der Waals surface area contributed by atoms with Gasteiger partial charge in [0.2, 0.25) is 10.0 Å². The third-order valence-electron chi connectivity index (χ3n) is 1.63. The standard InChI is InChI=1S/C8H11N3O3S/c1-2-10-8(12)7-5-6(3-4-11-7)15(9,13)14/h3-5H,2H2,1H3,(H,10,12)(H2,9,13,14). The lowest BCUT2D eigenvalue weighted by atomic mass is 10.3. The molecule has 0 bridgehead atoms. The molecule has 0 radical (unpaired) electrons. The van der Waals surface area contributed by atoms with Crippen molar-refractivity contribution in [1.29, 1.82) is 0 Å². The summed E-state index contributed by atoms with van der Waals surface area (Å²) in [5.41, 5.74) is 0.0309. The third kappa shape index (κ3) is 3.00. The van der Waals surface area contributed by atoms with Gasteiger partial charge in [0.1, 0.15) is 5.69 Å². The minimum atomic E-state index is -3.79. The number of aromatic nitrogens is 1. The molecule has 1 heterocycles. The fraction of sp³-hybridized carbons (Fsp3) is 0.250. The minimum Gasteiger partial charge on any atom is -0.351 e. The Bertz CT molecular complexity index is 470. The van der Waals surface area contributed by atoms with Crippen molar-refractivity contribution in [1.82, 2.24) is 10.3 Å². The molecule has 0 fully saturated rings. The molecule has 82 valence electrons. The van der Waals surface area contributed by atoms with Crippen LogP contribution in [0.3, 0.4) is 0 Å². The zero-order valence-corrected chi connectivity index (χ0v) is 8.91. The van der Waals surface area contributed by atoms with Gasteiger partial charge in [-0.25, -0.2) is 13.6 Å². The summed E-state index contributed by atoms with van der Waals surface area (Å²) in [7, 11) is -3.79. The van der Waals surface area contributed by atoms with Crippen molar-refractivity contribution >= 4 is 15.9 Å². The van der Waals surface area contributed by atoms with Crippen LogP contribution in [-0.2, 0) is 10.0 Å². The predicted octanol–water partition coefficient (Wildman–Crippen LogP) is -0.521. The molecule has 6 nitrogen and oxygen atoms in total. The van der Waals surface area contributed by atoms with Gasteiger partial charge in [-0.05, 0) is 19.1 Å². The van der Waals surface area contributed by atoms with E-state index in [1.54, 1.807) is 6.92 Å². The van der Waals surface area contributed by atoms with E-state index in [1.165, 1.54) is 12.3 Å². The Kier molecular flexibility index (Phi) is 3.38. The van der Waals surface area contributed by atoms with E-state index in [1.807, 2.05) is 0 Å². The summed E-state index contributed by atoms with van der Waals surface area (Å²) in [6.45, 7) is 2.20. The van der Waals surface area contributed by atoms with E-state index in [2.05, 4.69) is 10.3 Å². The van der Waals surface area contributed by atoms with Crippen LogP contribution in [0, 0.1) is 0 Å². The number of pyridine rings is 1. The van der Waals surface area contributed by atoms with Crippen LogP contribution in [0.2, 0.25) is 0 Å². The molecule has 0 aliphatic heterocycles. The van der Waals surface area contributed by atoms with Gasteiger partial charge in [-0.3, -0.25) is 9.78 Å². The molecule has 0 aliphatic rings. The van der Waals surface area contributed by atoms with Gasteiger partial charge in [-0.2, -0.15) is 0 Å². The second kappa shape index (κ2) is 4.37. The third-order valence-corrected chi connectivity index (χ3v) is 2.54. The summed E-state index contributed by atoms with van der Waals surface area (Å²) in [6.07, 6.45) is 1.23. The smallest absolute Gasteiger partial charge is 0.269 e. The van der Waals surface area contributed by atoms with Crippen molar-refractivity contribution in [2.24, 2.45) is 5.14 Å². The number of nitrogens with one attached hydrogen (secondary N) is 1. The lowest BCUT2D eigenvalue weighted by Gasteiger charge is -2.02. The van der Waals surface area contributed by atoms with Crippen molar-refractivity contribution in [3.05, 3.63) is 24.0 Å². The van der Waals surface area contributed by atoms with Gasteiger partial charge in [0, 0.05) is 12.7 Å². The van der Waals surface area contributed by atoms with Crippen LogP contribution >= 0.6 is 0 Å². The van der Waals surface area contributed by atoms with E-state index in [9.17, 15) is 13.2 Å². The maximum absolute atomic E-state index is 11.3. The van der Waals surface area contributed by atoms with E-state index < -0.39 is 15.9 Å². The van der Waals surface area contributed by atoms with Crippen LogP contribution in [0.25, 0.3) is 0 Å². The zero-order valence-electron chi connectivity index (χ0n) is 8.10. The number of sulfonamides is 1. The van der Waals surface area contributed by atoms with Crippen LogP contribution in [0.15, 0.2) is 23.2 Å². The van der Waals surface area contributed by atoms with Crippen LogP contribution in [0.5, 0.6) is 0 Å². The van der Waals surface area contributed by atoms with E-state index in [-0.39, 0.29) is 10.6 Å². The van der Waals surface area contributed by atoms with Gasteiger partial charge < -0.3 is 5.32 Å². The Balaban J connectivity index is 3.09. The molecule has 0 atom stereocenters. The van der Waals surface area contributed by atoms with E-state index in [4.69, 9.17) is 5.14 Å². The summed E-state index contributed by atoms with van der Waals surface area (Å²) < 4.78 is 22.0. The molecule has 15 heavy (non-hydrogen) atoms. The number of carbonyl (C=O) groups excluding carboxylic acids is 1. The van der Waals surface area contributed by atoms with E-state index in [0.29, 0.717) is 6.54 Å². The molecule has 1 aromatic heterocycles. The molecule has 1 aromatic rings. The molecule has 1 amide bonds. The topological polar surface area (TPSA) is 102 Å². The first kappa shape index (κ1) is 11.6. The molecule has 0 saturated carbocycles. The number of rotatable bonds is 3. The fourth-order valence-corrected chi connectivity index (χ4v) is 1.49. The molecule has 1 rings (SSSR count). The first-order valence-corrected chi connectivity index (χ1v) is 5.77. The zero-order chi connectivity index (χ0) is 11.5. The van der Waals surface area contributed by atoms with Crippen molar-refractivity contribution in [3.8, 4) is 0 Å². The number of carbonyl (C=O) groups is 1. The molecular weight excluding hydrogens is 218 g/mol. The fourth-order valence-electron chi connectivity index (χ4n) is 0.963. The second-order valence-electron chi connectivity index (χ2n) is 2.78. The van der Waals surface area contributed by atoms with Crippen LogP contribution in [0.4, 0.5) is 0 Å². The Hall–Kier alpha value is -1.47. The summed E-state index contributed by atoms with van der Waals surface area (Å²) in [5.74, 6) is -0.428. The van der Waals surface area contributed by atoms with Crippen molar-refractivity contribution < 1.29 is 13.2 Å². The quantitative estimate of drug-likeness (QED) is 0.727. The van der Waals surface area contributed by atoms with Gasteiger partial charge in [-0.1, -0.05) is 0 Å². The number of nitrogens with zero attached hydrogens (tertiary/aromatic N) is 1. The molecule has 3 N–H and O–H groups in total. The number of amides is 1. The molecule has 0 unspecified atom stereocenters. The Morgan fingerprint density at radius 1 is 1.60 bits per heavy atom. The SMILES string of the molecule is CCNC(=O)c1cc(S(N)(=O)=O)ccn1. The van der Waals surface area contributed by atoms with Gasteiger partial charge >= 0.3 is 0 Å². The van der Waals surface area contributed by atoms with Gasteiger partial charge in [0.15, 0.2) is 0 Å². The average Bonchev–Trinajstić information content (AvgIpc) is 2.17. The lowest BCUT2D eigenvalue weighted by Crippen LogP contribution is -2.24. The van der Waals surface area contributed by atoms with Gasteiger partial charge in [-0.15, -0.1) is 0 Å². The van der Waals surface area contributed by atoms with Crippen LogP contribution in [-0.4, -0.2) is 25.9 Å². The first-order valence-electron chi connectivity index (χ1n) is 4.22. The Morgan fingerprint density at radius 3 is 2.80 bits per heavy atom. The maximum atomic E-state index is 11.3. The molecule has 0 saturated heterocycles. The van der Waals surface area contributed by atoms with Crippen LogP contribution in [0.1, 0.15) is 17.4 Å². The maximum Gasteiger partial charge on any atom is 0.269 e. The monoisotopic (exact) mass is 229 g/mol. The molecule has 7 heteroatoms. The highest BCUT2D eigenvalue weighted by molar-refractivity contribution is 7.89. The van der Waals surface area contributed by atoms with Gasteiger partial charge in [0.05, 0.1) is 4.90 Å². The number of primary sulfonamides is 1. The minimum absolute atomic E-state index is 0.0309. The summed E-state index contributed by atoms with van der Waals surface area (Å²) in [4.78, 5) is 14.9. The first-order chi connectivity index (χ1) is 6.95. The molecular formula is C8H11N3O3S. The predicted molar refractivity (Wildman–Crippen MR) is 53.6 cm³/mol. The highest BCUT2D eigenvalue weighted by Crippen LogP contribution is 2.06. The summed E-state index contributed by atoms with van der Waals surface area (Å²) in [5, 5.41) is 7.42. The number of hydrogen-bond donors (Lipinski definition) is 2. The molecule has 0 spiro atoms. The van der Waals surface area contributed by atoms with E-state index >= 15 is 0 Å². The Labute approximate surface area is 87.6 Å². The summed E-state index contributed by atoms with van der Waals surface area (Å²) >= 11 is 0. The van der Waals surface area contributed by atoms with Crippen LogP contribution < -0.4 is 10.5 Å². The second-order valence-corrected chi connectivity index (χ2v) is 4.34. The van der Waals surface area contributed by atoms with E-state index in [0.717, 1.165) is 6.07 Å². The average molecular weight is 229 g/mol. The normalized spacial score (nSPS) is 11.1. The highest BCUT2D eigenvalue weighted by Gasteiger charge is 2.12. The molecule has 0 aliphatic carbocycles.